The fraction of sp³-hybridized carbons (Fsp3) is 0.308. The molecule has 17 heavy (non-hydrogen) atoms. The van der Waals surface area contributed by atoms with Gasteiger partial charge in [0.1, 0.15) is 0 Å². The first-order valence-electron chi connectivity index (χ1n) is 5.47. The van der Waals surface area contributed by atoms with Gasteiger partial charge in [-0.25, -0.2) is 9.18 Å². The Morgan fingerprint density at radius 3 is 2.94 bits per heavy atom. The van der Waals surface area contributed by atoms with Crippen LogP contribution in [0.5, 0.6) is 5.75 Å². The number of carbonyl (C=O) groups is 1. The van der Waals surface area contributed by atoms with Crippen LogP contribution in [0.25, 0.3) is 6.08 Å². The summed E-state index contributed by atoms with van der Waals surface area (Å²) in [6.45, 7) is 2.40. The zero-order valence-corrected chi connectivity index (χ0v) is 9.65. The van der Waals surface area contributed by atoms with Gasteiger partial charge in [0.25, 0.3) is 0 Å². The van der Waals surface area contributed by atoms with E-state index in [1.165, 1.54) is 24.3 Å². The zero-order chi connectivity index (χ0) is 12.7. The molecule has 1 aromatic carbocycles. The Hall–Kier alpha value is -1.84. The number of halogens is 1. The lowest BCUT2D eigenvalue weighted by Crippen LogP contribution is -2.01. The Balaban J connectivity index is 2.52. The maximum absolute atomic E-state index is 13.0. The molecule has 3 nitrogen and oxygen atoms in total. The molecule has 0 saturated heterocycles. The molecule has 0 aromatic heterocycles. The van der Waals surface area contributed by atoms with Crippen molar-refractivity contribution in [3.8, 4) is 5.75 Å². The number of ether oxygens (including phenoxy) is 1. The molecule has 0 fully saturated rings. The van der Waals surface area contributed by atoms with E-state index in [2.05, 4.69) is 0 Å². The summed E-state index contributed by atoms with van der Waals surface area (Å²) in [7, 11) is 0. The average molecular weight is 238 g/mol. The van der Waals surface area contributed by atoms with Crippen molar-refractivity contribution in [2.45, 2.75) is 19.8 Å². The fourth-order valence-corrected chi connectivity index (χ4v) is 1.16. The summed E-state index contributed by atoms with van der Waals surface area (Å²) in [6, 6.07) is 3.89. The maximum atomic E-state index is 13.0. The second-order valence-electron chi connectivity index (χ2n) is 3.57. The first-order valence-corrected chi connectivity index (χ1v) is 5.47. The number of hydrogen-bond acceptors (Lipinski definition) is 3. The fourth-order valence-electron chi connectivity index (χ4n) is 1.16. The van der Waals surface area contributed by atoms with Crippen LogP contribution in [0.15, 0.2) is 24.3 Å². The monoisotopic (exact) mass is 238 g/mol. The standard InChI is InChI=1S/C13H15FO3/c1-2-3-8-17-13(16)7-5-10-4-6-12(15)11(14)9-10/h4-7,9,15H,2-3,8H2,1H3/b7-5+. The van der Waals surface area contributed by atoms with Gasteiger partial charge in [-0.2, -0.15) is 0 Å². The van der Waals surface area contributed by atoms with E-state index >= 15 is 0 Å². The van der Waals surface area contributed by atoms with Crippen molar-refractivity contribution in [3.05, 3.63) is 35.7 Å². The van der Waals surface area contributed by atoms with Gasteiger partial charge < -0.3 is 9.84 Å². The molecule has 4 heteroatoms. The van der Waals surface area contributed by atoms with Crippen molar-refractivity contribution in [3.63, 3.8) is 0 Å². The Bertz CT molecular complexity index is 413. The zero-order valence-electron chi connectivity index (χ0n) is 9.65. The Labute approximate surface area is 99.5 Å². The Morgan fingerprint density at radius 2 is 2.29 bits per heavy atom. The van der Waals surface area contributed by atoms with Crippen molar-refractivity contribution >= 4 is 12.0 Å². The van der Waals surface area contributed by atoms with Crippen LogP contribution in [0.2, 0.25) is 0 Å². The third-order valence-corrected chi connectivity index (χ3v) is 2.13. The molecule has 0 aliphatic carbocycles. The van der Waals surface area contributed by atoms with Crippen molar-refractivity contribution in [2.24, 2.45) is 0 Å². The molecule has 0 heterocycles. The number of carbonyl (C=O) groups excluding carboxylic acids is 1. The number of phenolic OH excluding ortho intramolecular Hbond substituents is 1. The highest BCUT2D eigenvalue weighted by molar-refractivity contribution is 5.87. The summed E-state index contributed by atoms with van der Waals surface area (Å²) in [5, 5.41) is 8.97. The first kappa shape index (κ1) is 13.2. The normalized spacial score (nSPS) is 10.7. The van der Waals surface area contributed by atoms with E-state index in [1.54, 1.807) is 0 Å². The summed E-state index contributed by atoms with van der Waals surface area (Å²) in [5.74, 6) is -1.58. The lowest BCUT2D eigenvalue weighted by molar-refractivity contribution is -0.137. The third-order valence-electron chi connectivity index (χ3n) is 2.13. The quantitative estimate of drug-likeness (QED) is 0.487. The lowest BCUT2D eigenvalue weighted by atomic mass is 10.2. The molecule has 0 aliphatic rings. The molecule has 1 N–H and O–H groups in total. The van der Waals surface area contributed by atoms with Gasteiger partial charge in [0.15, 0.2) is 11.6 Å². The molecule has 0 aliphatic heterocycles. The molecule has 0 amide bonds. The minimum absolute atomic E-state index is 0.392. The molecule has 1 aromatic rings. The molecule has 0 radical (unpaired) electrons. The van der Waals surface area contributed by atoms with Gasteiger partial charge in [0.2, 0.25) is 0 Å². The number of esters is 1. The highest BCUT2D eigenvalue weighted by Crippen LogP contribution is 2.16. The predicted molar refractivity (Wildman–Crippen MR) is 63.0 cm³/mol. The van der Waals surface area contributed by atoms with Crippen molar-refractivity contribution in [2.75, 3.05) is 6.61 Å². The molecule has 1 rings (SSSR count). The molecule has 0 bridgehead atoms. The maximum Gasteiger partial charge on any atom is 0.330 e. The second-order valence-corrected chi connectivity index (χ2v) is 3.57. The summed E-state index contributed by atoms with van der Waals surface area (Å²) in [4.78, 5) is 11.2. The van der Waals surface area contributed by atoms with Gasteiger partial charge in [0.05, 0.1) is 6.61 Å². The first-order chi connectivity index (χ1) is 8.13. The van der Waals surface area contributed by atoms with Crippen LogP contribution in [0, 0.1) is 5.82 Å². The van der Waals surface area contributed by atoms with Gasteiger partial charge in [-0.15, -0.1) is 0 Å². The number of unbranched alkanes of at least 4 members (excludes halogenated alkanes) is 1. The molecular formula is C13H15FO3. The second kappa shape index (κ2) is 6.68. The van der Waals surface area contributed by atoms with Crippen LogP contribution in [0.1, 0.15) is 25.3 Å². The minimum atomic E-state index is -0.716. The SMILES string of the molecule is CCCCOC(=O)/C=C/c1ccc(O)c(F)c1. The molecule has 0 saturated carbocycles. The molecule has 92 valence electrons. The van der Waals surface area contributed by atoms with E-state index in [9.17, 15) is 9.18 Å². The smallest absolute Gasteiger partial charge is 0.330 e. The molecule has 0 atom stereocenters. The van der Waals surface area contributed by atoms with E-state index in [1.807, 2.05) is 6.92 Å². The third kappa shape index (κ3) is 4.68. The van der Waals surface area contributed by atoms with Crippen LogP contribution in [-0.4, -0.2) is 17.7 Å². The van der Waals surface area contributed by atoms with Crippen molar-refractivity contribution < 1.29 is 19.0 Å². The van der Waals surface area contributed by atoms with Gasteiger partial charge >= 0.3 is 5.97 Å². The van der Waals surface area contributed by atoms with Crippen LogP contribution >= 0.6 is 0 Å². The van der Waals surface area contributed by atoms with E-state index in [4.69, 9.17) is 9.84 Å². The van der Waals surface area contributed by atoms with Crippen LogP contribution in [-0.2, 0) is 9.53 Å². The van der Waals surface area contributed by atoms with E-state index in [-0.39, 0.29) is 0 Å². The van der Waals surface area contributed by atoms with Gasteiger partial charge in [0, 0.05) is 6.08 Å². The van der Waals surface area contributed by atoms with E-state index < -0.39 is 17.5 Å². The summed E-state index contributed by atoms with van der Waals surface area (Å²) >= 11 is 0. The topological polar surface area (TPSA) is 46.5 Å². The average Bonchev–Trinajstić information content (AvgIpc) is 2.31. The highest BCUT2D eigenvalue weighted by atomic mass is 19.1. The van der Waals surface area contributed by atoms with Crippen LogP contribution < -0.4 is 0 Å². The van der Waals surface area contributed by atoms with Gasteiger partial charge in [-0.1, -0.05) is 19.4 Å². The number of hydrogen-bond donors (Lipinski definition) is 1. The number of aromatic hydroxyl groups is 1. The lowest BCUT2D eigenvalue weighted by Gasteiger charge is -1.99. The molecular weight excluding hydrogens is 223 g/mol. The van der Waals surface area contributed by atoms with E-state index in [0.717, 1.165) is 18.9 Å². The molecule has 0 unspecified atom stereocenters. The number of phenols is 1. The summed E-state index contributed by atoms with van der Waals surface area (Å²) < 4.78 is 17.8. The van der Waals surface area contributed by atoms with Crippen molar-refractivity contribution in [1.82, 2.24) is 0 Å². The molecule has 0 spiro atoms. The Morgan fingerprint density at radius 1 is 1.53 bits per heavy atom. The van der Waals surface area contributed by atoms with Gasteiger partial charge in [-0.3, -0.25) is 0 Å². The summed E-state index contributed by atoms with van der Waals surface area (Å²) in [6.07, 6.45) is 4.46. The predicted octanol–water partition coefficient (Wildman–Crippen LogP) is 2.89. The van der Waals surface area contributed by atoms with E-state index in [0.29, 0.717) is 12.2 Å². The number of rotatable bonds is 5. The summed E-state index contributed by atoms with van der Waals surface area (Å²) in [5.41, 5.74) is 0.493. The van der Waals surface area contributed by atoms with Crippen LogP contribution in [0.4, 0.5) is 4.39 Å². The minimum Gasteiger partial charge on any atom is -0.505 e. The Kier molecular flexibility index (Phi) is 5.20. The van der Waals surface area contributed by atoms with Crippen LogP contribution in [0.3, 0.4) is 0 Å². The number of benzene rings is 1. The highest BCUT2D eigenvalue weighted by Gasteiger charge is 2.00. The largest absolute Gasteiger partial charge is 0.505 e. The van der Waals surface area contributed by atoms with Gasteiger partial charge in [-0.05, 0) is 30.2 Å². The van der Waals surface area contributed by atoms with Crippen molar-refractivity contribution in [1.29, 1.82) is 0 Å².